The van der Waals surface area contributed by atoms with Crippen molar-refractivity contribution in [2.24, 2.45) is 0 Å². The Bertz CT molecular complexity index is 596. The van der Waals surface area contributed by atoms with Crippen LogP contribution in [0.4, 0.5) is 0 Å². The number of rotatable bonds is 6. The Balaban J connectivity index is 1.79. The molecular formula is C20H30N2O3. The van der Waals surface area contributed by atoms with Crippen molar-refractivity contribution in [3.63, 3.8) is 0 Å². The lowest BCUT2D eigenvalue weighted by Gasteiger charge is -2.28. The van der Waals surface area contributed by atoms with E-state index in [9.17, 15) is 14.7 Å². The first-order chi connectivity index (χ1) is 11.8. The largest absolute Gasteiger partial charge is 0.394 e. The van der Waals surface area contributed by atoms with Gasteiger partial charge < -0.3 is 15.7 Å². The van der Waals surface area contributed by atoms with Gasteiger partial charge in [-0.05, 0) is 36.0 Å². The van der Waals surface area contributed by atoms with Gasteiger partial charge in [-0.25, -0.2) is 0 Å². The molecule has 0 saturated heterocycles. The highest BCUT2D eigenvalue weighted by Gasteiger charge is 2.34. The van der Waals surface area contributed by atoms with Gasteiger partial charge in [0.1, 0.15) is 0 Å². The standard InChI is InChI=1S/C20H30N2O3/c1-19(2,3)16-8-6-15(7-9-16)18(25)21-13-10-17(24)22-20(14-23)11-4-5-12-20/h6-9,23H,4-5,10-14H2,1-3H3,(H,21,25)(H,22,24). The van der Waals surface area contributed by atoms with Gasteiger partial charge >= 0.3 is 0 Å². The quantitative estimate of drug-likeness (QED) is 0.741. The van der Waals surface area contributed by atoms with Crippen molar-refractivity contribution in [1.82, 2.24) is 10.6 Å². The minimum absolute atomic E-state index is 0.0226. The van der Waals surface area contributed by atoms with Crippen molar-refractivity contribution in [3.05, 3.63) is 35.4 Å². The molecule has 0 bridgehead atoms. The van der Waals surface area contributed by atoms with Gasteiger partial charge in [-0.1, -0.05) is 45.7 Å². The van der Waals surface area contributed by atoms with E-state index in [0.29, 0.717) is 5.56 Å². The second kappa shape index (κ2) is 8.00. The van der Waals surface area contributed by atoms with Crippen LogP contribution in [0.2, 0.25) is 0 Å². The second-order valence-corrected chi connectivity index (χ2v) is 8.03. The molecule has 5 heteroatoms. The molecule has 1 fully saturated rings. The Kier molecular flexibility index (Phi) is 6.22. The fraction of sp³-hybridized carbons (Fsp3) is 0.600. The summed E-state index contributed by atoms with van der Waals surface area (Å²) < 4.78 is 0. The molecule has 1 aliphatic carbocycles. The molecule has 0 radical (unpaired) electrons. The first-order valence-electron chi connectivity index (χ1n) is 9.06. The molecule has 25 heavy (non-hydrogen) atoms. The maximum atomic E-state index is 12.2. The smallest absolute Gasteiger partial charge is 0.251 e. The number of nitrogens with one attached hydrogen (secondary N) is 2. The molecule has 0 aromatic heterocycles. The average molecular weight is 346 g/mol. The molecule has 0 atom stereocenters. The van der Waals surface area contributed by atoms with Gasteiger partial charge in [0.25, 0.3) is 5.91 Å². The van der Waals surface area contributed by atoms with Crippen LogP contribution >= 0.6 is 0 Å². The van der Waals surface area contributed by atoms with Crippen LogP contribution in [0, 0.1) is 0 Å². The lowest BCUT2D eigenvalue weighted by atomic mass is 9.87. The summed E-state index contributed by atoms with van der Waals surface area (Å²) >= 11 is 0. The number of hydrogen-bond donors (Lipinski definition) is 3. The van der Waals surface area contributed by atoms with E-state index in [0.717, 1.165) is 25.7 Å². The fourth-order valence-electron chi connectivity index (χ4n) is 3.25. The highest BCUT2D eigenvalue weighted by Crippen LogP contribution is 2.29. The summed E-state index contributed by atoms with van der Waals surface area (Å²) in [6, 6.07) is 7.56. The number of hydrogen-bond acceptors (Lipinski definition) is 3. The van der Waals surface area contributed by atoms with Crippen molar-refractivity contribution in [2.45, 2.75) is 63.8 Å². The van der Waals surface area contributed by atoms with E-state index in [1.54, 1.807) is 0 Å². The van der Waals surface area contributed by atoms with E-state index in [1.807, 2.05) is 24.3 Å². The minimum atomic E-state index is -0.454. The molecule has 5 nitrogen and oxygen atoms in total. The number of aliphatic hydroxyl groups is 1. The van der Waals surface area contributed by atoms with Crippen LogP contribution < -0.4 is 10.6 Å². The molecular weight excluding hydrogens is 316 g/mol. The van der Waals surface area contributed by atoms with Gasteiger partial charge in [0.2, 0.25) is 5.91 Å². The molecule has 2 rings (SSSR count). The molecule has 1 aromatic rings. The zero-order chi connectivity index (χ0) is 18.5. The van der Waals surface area contributed by atoms with Gasteiger partial charge in [0.05, 0.1) is 12.1 Å². The van der Waals surface area contributed by atoms with Crippen LogP contribution in [-0.4, -0.2) is 35.6 Å². The van der Waals surface area contributed by atoms with Crippen LogP contribution in [0.3, 0.4) is 0 Å². The Morgan fingerprint density at radius 2 is 1.72 bits per heavy atom. The molecule has 1 saturated carbocycles. The number of amides is 2. The molecule has 0 spiro atoms. The first-order valence-corrected chi connectivity index (χ1v) is 9.06. The predicted molar refractivity (Wildman–Crippen MR) is 98.5 cm³/mol. The third-order valence-electron chi connectivity index (χ3n) is 4.92. The van der Waals surface area contributed by atoms with Gasteiger partial charge in [-0.15, -0.1) is 0 Å². The van der Waals surface area contributed by atoms with Crippen molar-refractivity contribution in [2.75, 3.05) is 13.2 Å². The Morgan fingerprint density at radius 1 is 1.12 bits per heavy atom. The van der Waals surface area contributed by atoms with E-state index >= 15 is 0 Å². The summed E-state index contributed by atoms with van der Waals surface area (Å²) in [4.78, 5) is 24.2. The Hall–Kier alpha value is -1.88. The maximum absolute atomic E-state index is 12.2. The fourth-order valence-corrected chi connectivity index (χ4v) is 3.25. The van der Waals surface area contributed by atoms with Gasteiger partial charge in [0.15, 0.2) is 0 Å². The van der Waals surface area contributed by atoms with Crippen LogP contribution in [0.25, 0.3) is 0 Å². The third-order valence-corrected chi connectivity index (χ3v) is 4.92. The topological polar surface area (TPSA) is 78.4 Å². The van der Waals surface area contributed by atoms with E-state index in [-0.39, 0.29) is 36.8 Å². The zero-order valence-corrected chi connectivity index (χ0v) is 15.5. The summed E-state index contributed by atoms with van der Waals surface area (Å²) in [5.74, 6) is -0.301. The van der Waals surface area contributed by atoms with Crippen LogP contribution in [-0.2, 0) is 10.2 Å². The summed E-state index contributed by atoms with van der Waals surface area (Å²) in [6.07, 6.45) is 3.92. The van der Waals surface area contributed by atoms with E-state index in [2.05, 4.69) is 31.4 Å². The van der Waals surface area contributed by atoms with Crippen molar-refractivity contribution >= 4 is 11.8 Å². The second-order valence-electron chi connectivity index (χ2n) is 8.03. The van der Waals surface area contributed by atoms with E-state index in [4.69, 9.17) is 0 Å². The molecule has 138 valence electrons. The molecule has 2 amide bonds. The van der Waals surface area contributed by atoms with E-state index < -0.39 is 5.54 Å². The zero-order valence-electron chi connectivity index (χ0n) is 15.5. The molecule has 1 aliphatic rings. The lowest BCUT2D eigenvalue weighted by molar-refractivity contribution is -0.123. The van der Waals surface area contributed by atoms with Crippen LogP contribution in [0.1, 0.15) is 68.8 Å². The van der Waals surface area contributed by atoms with Gasteiger partial charge in [-0.3, -0.25) is 9.59 Å². The highest BCUT2D eigenvalue weighted by molar-refractivity contribution is 5.94. The lowest BCUT2D eigenvalue weighted by Crippen LogP contribution is -2.49. The number of carbonyl (C=O) groups excluding carboxylic acids is 2. The van der Waals surface area contributed by atoms with Gasteiger partial charge in [-0.2, -0.15) is 0 Å². The molecule has 0 heterocycles. The third kappa shape index (κ3) is 5.30. The number of aliphatic hydroxyl groups excluding tert-OH is 1. The summed E-state index contributed by atoms with van der Waals surface area (Å²) in [5.41, 5.74) is 1.37. The van der Waals surface area contributed by atoms with Crippen LogP contribution in [0.15, 0.2) is 24.3 Å². The monoisotopic (exact) mass is 346 g/mol. The summed E-state index contributed by atoms with van der Waals surface area (Å²) in [5, 5.41) is 15.2. The SMILES string of the molecule is CC(C)(C)c1ccc(C(=O)NCCC(=O)NC2(CO)CCCC2)cc1. The summed E-state index contributed by atoms with van der Waals surface area (Å²) in [6.45, 7) is 6.65. The predicted octanol–water partition coefficient (Wildman–Crippen LogP) is 2.53. The molecule has 0 unspecified atom stereocenters. The minimum Gasteiger partial charge on any atom is -0.394 e. The molecule has 3 N–H and O–H groups in total. The van der Waals surface area contributed by atoms with E-state index in [1.165, 1.54) is 5.56 Å². The highest BCUT2D eigenvalue weighted by atomic mass is 16.3. The summed E-state index contributed by atoms with van der Waals surface area (Å²) in [7, 11) is 0. The van der Waals surface area contributed by atoms with Crippen molar-refractivity contribution in [1.29, 1.82) is 0 Å². The normalized spacial score (nSPS) is 16.5. The maximum Gasteiger partial charge on any atom is 0.251 e. The van der Waals surface area contributed by atoms with Crippen LogP contribution in [0.5, 0.6) is 0 Å². The van der Waals surface area contributed by atoms with Gasteiger partial charge in [0, 0.05) is 18.5 Å². The first kappa shape index (κ1) is 19.4. The number of benzene rings is 1. The Morgan fingerprint density at radius 3 is 2.24 bits per heavy atom. The van der Waals surface area contributed by atoms with Crippen molar-refractivity contribution < 1.29 is 14.7 Å². The molecule has 1 aromatic carbocycles. The molecule has 0 aliphatic heterocycles. The Labute approximate surface area is 150 Å². The average Bonchev–Trinajstić information content (AvgIpc) is 3.03. The van der Waals surface area contributed by atoms with Crippen molar-refractivity contribution in [3.8, 4) is 0 Å². The number of carbonyl (C=O) groups is 2.